The fourth-order valence-electron chi connectivity index (χ4n) is 6.25. The van der Waals surface area contributed by atoms with Crippen LogP contribution in [0.3, 0.4) is 0 Å². The highest BCUT2D eigenvalue weighted by atomic mass is 16.3. The smallest absolute Gasteiger partial charge is 0.163 e. The summed E-state index contributed by atoms with van der Waals surface area (Å²) in [7, 11) is 0. The molecule has 5 nitrogen and oxygen atoms in total. The highest BCUT2D eigenvalue weighted by Gasteiger charge is 2.25. The summed E-state index contributed by atoms with van der Waals surface area (Å²) in [5, 5.41) is 8.42. The maximum atomic E-state index is 6.16. The van der Waals surface area contributed by atoms with Crippen LogP contribution in [0.2, 0.25) is 0 Å². The summed E-state index contributed by atoms with van der Waals surface area (Å²) in [5.41, 5.74) is 8.63. The summed E-state index contributed by atoms with van der Waals surface area (Å²) >= 11 is 0. The Bertz CT molecular complexity index is 2190. The second-order valence-electron chi connectivity index (χ2n) is 10.4. The molecule has 1 aliphatic heterocycles. The first kappa shape index (κ1) is 22.3. The monoisotopic (exact) mass is 525 g/mol. The fourth-order valence-corrected chi connectivity index (χ4v) is 6.25. The van der Waals surface area contributed by atoms with E-state index in [9.17, 15) is 0 Å². The number of furan rings is 1. The van der Waals surface area contributed by atoms with Crippen molar-refractivity contribution in [3.63, 3.8) is 0 Å². The maximum absolute atomic E-state index is 6.16. The van der Waals surface area contributed by atoms with Gasteiger partial charge in [0.1, 0.15) is 17.2 Å². The molecule has 1 aliphatic carbocycles. The first-order chi connectivity index (χ1) is 20.3. The molecule has 0 saturated carbocycles. The van der Waals surface area contributed by atoms with Crippen LogP contribution in [0, 0.1) is 0 Å². The Hall–Kier alpha value is -5.55. The molecule has 2 aromatic heterocycles. The lowest BCUT2D eigenvalue weighted by Crippen LogP contribution is -2.10. The van der Waals surface area contributed by atoms with Crippen LogP contribution in [-0.2, 0) is 0 Å². The Morgan fingerprint density at radius 2 is 1.37 bits per heavy atom. The molecule has 7 aromatic rings. The predicted molar refractivity (Wildman–Crippen MR) is 163 cm³/mol. The molecule has 3 heterocycles. The molecule has 0 radical (unpaired) electrons. The fraction of sp³-hybridized carbons (Fsp3) is 0.0278. The Kier molecular flexibility index (Phi) is 4.61. The number of aromatic nitrogens is 3. The Morgan fingerprint density at radius 1 is 0.610 bits per heavy atom. The summed E-state index contributed by atoms with van der Waals surface area (Å²) in [5.74, 6) is 2.63. The molecule has 0 bridgehead atoms. The van der Waals surface area contributed by atoms with Crippen molar-refractivity contribution in [1.29, 1.82) is 0 Å². The summed E-state index contributed by atoms with van der Waals surface area (Å²) in [6.45, 7) is 0. The van der Waals surface area contributed by atoms with Gasteiger partial charge in [-0.2, -0.15) is 6.20 Å². The largest absolute Gasteiger partial charge is 0.678 e. The van der Waals surface area contributed by atoms with Crippen LogP contribution >= 0.6 is 0 Å². The lowest BCUT2D eigenvalue weighted by molar-refractivity contribution is 0.594. The van der Waals surface area contributed by atoms with Crippen LogP contribution in [0.5, 0.6) is 0 Å². The molecule has 5 aromatic carbocycles. The second kappa shape index (κ2) is 8.47. The molecule has 0 amide bonds. The van der Waals surface area contributed by atoms with Gasteiger partial charge in [0.25, 0.3) is 0 Å². The van der Waals surface area contributed by atoms with E-state index >= 15 is 0 Å². The van der Waals surface area contributed by atoms with E-state index in [2.05, 4.69) is 60.7 Å². The Balaban J connectivity index is 1.25. The van der Waals surface area contributed by atoms with Gasteiger partial charge in [-0.05, 0) is 62.8 Å². The number of nitrogens with zero attached hydrogens (tertiary/aromatic N) is 4. The van der Waals surface area contributed by atoms with Gasteiger partial charge in [-0.1, -0.05) is 97.1 Å². The zero-order valence-electron chi connectivity index (χ0n) is 21.8. The molecular weight excluding hydrogens is 504 g/mol. The van der Waals surface area contributed by atoms with Crippen LogP contribution in [0.1, 0.15) is 23.2 Å². The number of para-hydroxylation sites is 1. The van der Waals surface area contributed by atoms with E-state index in [4.69, 9.17) is 24.7 Å². The lowest BCUT2D eigenvalue weighted by atomic mass is 9.99. The van der Waals surface area contributed by atoms with E-state index in [1.54, 1.807) is 6.20 Å². The average Bonchev–Trinajstić information content (AvgIpc) is 3.58. The van der Waals surface area contributed by atoms with Crippen LogP contribution in [0.25, 0.3) is 78.2 Å². The minimum Gasteiger partial charge on any atom is -0.678 e. The minimum absolute atomic E-state index is 0.407. The Morgan fingerprint density at radius 3 is 2.22 bits per heavy atom. The van der Waals surface area contributed by atoms with E-state index in [-0.39, 0.29) is 0 Å². The van der Waals surface area contributed by atoms with E-state index < -0.39 is 6.04 Å². The van der Waals surface area contributed by atoms with Gasteiger partial charge in [0.05, 0.1) is 0 Å². The molecule has 5 heteroatoms. The van der Waals surface area contributed by atoms with Gasteiger partial charge in [0, 0.05) is 16.5 Å². The quantitative estimate of drug-likeness (QED) is 0.231. The summed E-state index contributed by atoms with van der Waals surface area (Å²) in [6, 6.07) is 37.2. The van der Waals surface area contributed by atoms with Crippen molar-refractivity contribution in [2.75, 3.05) is 0 Å². The van der Waals surface area contributed by atoms with Crippen molar-refractivity contribution < 1.29 is 4.42 Å². The summed E-state index contributed by atoms with van der Waals surface area (Å²) in [6.07, 6.45) is 3.69. The van der Waals surface area contributed by atoms with Crippen molar-refractivity contribution in [2.24, 2.45) is 0 Å². The first-order valence-electron chi connectivity index (χ1n) is 13.7. The van der Waals surface area contributed by atoms with Crippen LogP contribution in [0.15, 0.2) is 120 Å². The molecule has 0 saturated heterocycles. The van der Waals surface area contributed by atoms with Crippen molar-refractivity contribution in [2.45, 2.75) is 6.04 Å². The third-order valence-corrected chi connectivity index (χ3v) is 8.09. The van der Waals surface area contributed by atoms with Gasteiger partial charge in [0.15, 0.2) is 11.6 Å². The number of fused-ring (bicyclic) bond motifs is 6. The molecule has 0 fully saturated rings. The molecule has 2 aliphatic rings. The average molecular weight is 526 g/mol. The number of hydrogen-bond acceptors (Lipinski definition) is 4. The van der Waals surface area contributed by atoms with Crippen LogP contribution in [-0.4, -0.2) is 15.0 Å². The van der Waals surface area contributed by atoms with Crippen molar-refractivity contribution in [1.82, 2.24) is 15.0 Å². The zero-order valence-corrected chi connectivity index (χ0v) is 21.8. The number of rotatable bonds is 3. The van der Waals surface area contributed by atoms with E-state index in [1.165, 1.54) is 33.0 Å². The van der Waals surface area contributed by atoms with Gasteiger partial charge in [-0.25, -0.2) is 15.0 Å². The van der Waals surface area contributed by atoms with Crippen molar-refractivity contribution >= 4 is 27.8 Å². The highest BCUT2D eigenvalue weighted by molar-refractivity contribution is 6.15. The summed E-state index contributed by atoms with van der Waals surface area (Å²) in [4.78, 5) is 15.0. The molecule has 41 heavy (non-hydrogen) atoms. The molecule has 1 atom stereocenters. The van der Waals surface area contributed by atoms with E-state index in [0.717, 1.165) is 33.4 Å². The first-order valence-corrected chi connectivity index (χ1v) is 13.7. The summed E-state index contributed by atoms with van der Waals surface area (Å²) < 4.78 is 6.16. The molecule has 0 spiro atoms. The van der Waals surface area contributed by atoms with E-state index in [1.807, 2.05) is 54.6 Å². The second-order valence-corrected chi connectivity index (χ2v) is 10.4. The number of benzene rings is 5. The Labute approximate surface area is 235 Å². The van der Waals surface area contributed by atoms with Crippen molar-refractivity contribution in [3.8, 4) is 45.0 Å². The van der Waals surface area contributed by atoms with Gasteiger partial charge >= 0.3 is 0 Å². The highest BCUT2D eigenvalue weighted by Crippen LogP contribution is 2.48. The molecule has 9 rings (SSSR count). The van der Waals surface area contributed by atoms with Gasteiger partial charge in [-0.15, -0.1) is 0 Å². The lowest BCUT2D eigenvalue weighted by Gasteiger charge is -2.31. The number of hydrogen-bond donors (Lipinski definition) is 0. The minimum atomic E-state index is -0.407. The van der Waals surface area contributed by atoms with Crippen LogP contribution < -0.4 is 0 Å². The SMILES string of the molecule is C1=Cc2oc3ccccc3c2C(c2nc(-c3ccccc3)nc(-c3ccc4c(c3)-c3cccc5cccc-4c35)n2)[N-]1. The van der Waals surface area contributed by atoms with Crippen molar-refractivity contribution in [3.05, 3.63) is 138 Å². The third kappa shape index (κ3) is 3.33. The van der Waals surface area contributed by atoms with Gasteiger partial charge < -0.3 is 9.73 Å². The van der Waals surface area contributed by atoms with Gasteiger partial charge in [-0.3, -0.25) is 0 Å². The predicted octanol–water partition coefficient (Wildman–Crippen LogP) is 9.20. The normalized spacial score (nSPS) is 14.7. The maximum Gasteiger partial charge on any atom is 0.163 e. The van der Waals surface area contributed by atoms with E-state index in [0.29, 0.717) is 17.5 Å². The molecular formula is C36H21N4O-. The molecule has 0 N–H and O–H groups in total. The van der Waals surface area contributed by atoms with Gasteiger partial charge in [0.2, 0.25) is 0 Å². The molecule has 1 unspecified atom stereocenters. The standard InChI is InChI=1S/C36H21N4O/c1-2-8-22(9-3-1)34-38-35(23-16-17-24-25-13-6-10-21-11-7-14-26(31(21)25)28(24)20-23)40-36(39-34)33-32-27-12-4-5-15-29(27)41-30(32)18-19-37-33/h1-20,33H/q-1. The van der Waals surface area contributed by atoms with Crippen LogP contribution in [0.4, 0.5) is 0 Å². The molecule has 192 valence electrons. The third-order valence-electron chi connectivity index (χ3n) is 8.09. The topological polar surface area (TPSA) is 65.9 Å². The zero-order chi connectivity index (χ0) is 26.9.